The van der Waals surface area contributed by atoms with Gasteiger partial charge in [-0.05, 0) is 50.4 Å². The number of benzene rings is 1. The summed E-state index contributed by atoms with van der Waals surface area (Å²) in [6.07, 6.45) is 3.84. The van der Waals surface area contributed by atoms with E-state index in [0.29, 0.717) is 12.1 Å². The van der Waals surface area contributed by atoms with Crippen molar-refractivity contribution in [2.45, 2.75) is 38.3 Å². The molecule has 2 unspecified atom stereocenters. The lowest BCUT2D eigenvalue weighted by Gasteiger charge is -2.20. The zero-order valence-electron chi connectivity index (χ0n) is 11.3. The van der Waals surface area contributed by atoms with Crippen molar-refractivity contribution in [1.29, 1.82) is 0 Å². The van der Waals surface area contributed by atoms with Crippen molar-refractivity contribution in [2.75, 3.05) is 20.3 Å². The maximum Gasteiger partial charge on any atom is 0.118 e. The number of nitrogens with one attached hydrogen (secondary N) is 1. The Hall–Kier alpha value is -1.06. The summed E-state index contributed by atoms with van der Waals surface area (Å²) >= 11 is 0. The third-order valence-corrected chi connectivity index (χ3v) is 3.56. The number of methoxy groups -OCH3 is 1. The van der Waals surface area contributed by atoms with Crippen LogP contribution in [0.2, 0.25) is 0 Å². The molecular formula is C15H23NO2. The van der Waals surface area contributed by atoms with E-state index in [9.17, 15) is 0 Å². The molecular weight excluding hydrogens is 226 g/mol. The minimum Gasteiger partial charge on any atom is -0.497 e. The number of rotatable bonds is 6. The second-order valence-electron chi connectivity index (χ2n) is 4.89. The third kappa shape index (κ3) is 3.72. The Kier molecular flexibility index (Phi) is 5.02. The second kappa shape index (κ2) is 6.76. The fourth-order valence-corrected chi connectivity index (χ4v) is 2.36. The zero-order chi connectivity index (χ0) is 12.8. The van der Waals surface area contributed by atoms with Gasteiger partial charge in [-0.1, -0.05) is 12.1 Å². The van der Waals surface area contributed by atoms with Gasteiger partial charge >= 0.3 is 0 Å². The highest BCUT2D eigenvalue weighted by Gasteiger charge is 2.21. The Labute approximate surface area is 109 Å². The van der Waals surface area contributed by atoms with Crippen molar-refractivity contribution in [3.63, 3.8) is 0 Å². The fraction of sp³-hybridized carbons (Fsp3) is 0.600. The van der Waals surface area contributed by atoms with E-state index in [2.05, 4.69) is 24.4 Å². The van der Waals surface area contributed by atoms with Crippen LogP contribution < -0.4 is 10.1 Å². The average Bonchev–Trinajstić information content (AvgIpc) is 2.93. The SMILES string of the molecule is COc1ccc(CCNC(C)C2CCCO2)cc1. The maximum absolute atomic E-state index is 5.67. The van der Waals surface area contributed by atoms with Gasteiger partial charge in [0.25, 0.3) is 0 Å². The van der Waals surface area contributed by atoms with E-state index in [4.69, 9.17) is 9.47 Å². The topological polar surface area (TPSA) is 30.5 Å². The zero-order valence-corrected chi connectivity index (χ0v) is 11.3. The van der Waals surface area contributed by atoms with Gasteiger partial charge in [-0.2, -0.15) is 0 Å². The van der Waals surface area contributed by atoms with E-state index >= 15 is 0 Å². The number of hydrogen-bond acceptors (Lipinski definition) is 3. The summed E-state index contributed by atoms with van der Waals surface area (Å²) in [5.41, 5.74) is 1.34. The Balaban J connectivity index is 1.70. The standard InChI is InChI=1S/C15H23NO2/c1-12(15-4-3-11-18-15)16-10-9-13-5-7-14(17-2)8-6-13/h5-8,12,15-16H,3-4,9-11H2,1-2H3. The molecule has 0 saturated carbocycles. The average molecular weight is 249 g/mol. The summed E-state index contributed by atoms with van der Waals surface area (Å²) < 4.78 is 10.8. The van der Waals surface area contributed by atoms with Crippen molar-refractivity contribution in [3.05, 3.63) is 29.8 Å². The van der Waals surface area contributed by atoms with E-state index < -0.39 is 0 Å². The minimum atomic E-state index is 0.404. The quantitative estimate of drug-likeness (QED) is 0.839. The highest BCUT2D eigenvalue weighted by Crippen LogP contribution is 2.15. The third-order valence-electron chi connectivity index (χ3n) is 3.56. The molecule has 1 aromatic carbocycles. The molecule has 1 aromatic rings. The molecule has 1 heterocycles. The van der Waals surface area contributed by atoms with Crippen LogP contribution in [-0.2, 0) is 11.2 Å². The first-order valence-corrected chi connectivity index (χ1v) is 6.77. The molecule has 0 aliphatic carbocycles. The molecule has 1 fully saturated rings. The van der Waals surface area contributed by atoms with Crippen LogP contribution in [0, 0.1) is 0 Å². The first-order chi connectivity index (χ1) is 8.79. The highest BCUT2D eigenvalue weighted by molar-refractivity contribution is 5.27. The lowest BCUT2D eigenvalue weighted by molar-refractivity contribution is 0.0839. The van der Waals surface area contributed by atoms with E-state index in [0.717, 1.165) is 25.3 Å². The molecule has 100 valence electrons. The summed E-state index contributed by atoms with van der Waals surface area (Å²) in [4.78, 5) is 0. The van der Waals surface area contributed by atoms with E-state index in [1.54, 1.807) is 7.11 Å². The lowest BCUT2D eigenvalue weighted by Crippen LogP contribution is -2.38. The van der Waals surface area contributed by atoms with Gasteiger partial charge in [-0.3, -0.25) is 0 Å². The van der Waals surface area contributed by atoms with Gasteiger partial charge in [0.05, 0.1) is 13.2 Å². The van der Waals surface area contributed by atoms with Crippen LogP contribution >= 0.6 is 0 Å². The van der Waals surface area contributed by atoms with Crippen molar-refractivity contribution in [2.24, 2.45) is 0 Å². The molecule has 1 N–H and O–H groups in total. The van der Waals surface area contributed by atoms with Crippen LogP contribution in [0.4, 0.5) is 0 Å². The second-order valence-corrected chi connectivity index (χ2v) is 4.89. The van der Waals surface area contributed by atoms with Crippen LogP contribution in [0.3, 0.4) is 0 Å². The summed E-state index contributed by atoms with van der Waals surface area (Å²) in [6, 6.07) is 8.72. The minimum absolute atomic E-state index is 0.404. The van der Waals surface area contributed by atoms with Gasteiger partial charge in [-0.15, -0.1) is 0 Å². The first kappa shape index (κ1) is 13.4. The summed E-state index contributed by atoms with van der Waals surface area (Å²) in [7, 11) is 1.69. The summed E-state index contributed by atoms with van der Waals surface area (Å²) in [6.45, 7) is 4.13. The molecule has 1 aliphatic rings. The predicted octanol–water partition coefficient (Wildman–Crippen LogP) is 2.39. The molecule has 0 radical (unpaired) electrons. The van der Waals surface area contributed by atoms with Crippen LogP contribution in [0.1, 0.15) is 25.3 Å². The molecule has 1 aliphatic heterocycles. The van der Waals surface area contributed by atoms with Gasteiger partial charge in [0, 0.05) is 12.6 Å². The largest absolute Gasteiger partial charge is 0.497 e. The van der Waals surface area contributed by atoms with Crippen LogP contribution in [0.15, 0.2) is 24.3 Å². The molecule has 0 aromatic heterocycles. The summed E-state index contributed by atoms with van der Waals surface area (Å²) in [5.74, 6) is 0.916. The van der Waals surface area contributed by atoms with Gasteiger partial charge in [0.15, 0.2) is 0 Å². The van der Waals surface area contributed by atoms with Crippen molar-refractivity contribution in [3.8, 4) is 5.75 Å². The van der Waals surface area contributed by atoms with E-state index in [1.807, 2.05) is 12.1 Å². The highest BCUT2D eigenvalue weighted by atomic mass is 16.5. The molecule has 0 spiro atoms. The Morgan fingerprint density at radius 3 is 2.78 bits per heavy atom. The van der Waals surface area contributed by atoms with Crippen molar-refractivity contribution >= 4 is 0 Å². The Morgan fingerprint density at radius 1 is 1.39 bits per heavy atom. The fourth-order valence-electron chi connectivity index (χ4n) is 2.36. The lowest BCUT2D eigenvalue weighted by atomic mass is 10.1. The van der Waals surface area contributed by atoms with Gasteiger partial charge in [0.2, 0.25) is 0 Å². The molecule has 2 atom stereocenters. The monoisotopic (exact) mass is 249 g/mol. The molecule has 3 nitrogen and oxygen atoms in total. The van der Waals surface area contributed by atoms with Crippen molar-refractivity contribution in [1.82, 2.24) is 5.32 Å². The first-order valence-electron chi connectivity index (χ1n) is 6.77. The normalized spacial score (nSPS) is 20.9. The van der Waals surface area contributed by atoms with E-state index in [1.165, 1.54) is 18.4 Å². The smallest absolute Gasteiger partial charge is 0.118 e. The van der Waals surface area contributed by atoms with Gasteiger partial charge < -0.3 is 14.8 Å². The molecule has 18 heavy (non-hydrogen) atoms. The Bertz CT molecular complexity index is 344. The van der Waals surface area contributed by atoms with Gasteiger partial charge in [0.1, 0.15) is 5.75 Å². The Morgan fingerprint density at radius 2 is 2.17 bits per heavy atom. The molecule has 0 amide bonds. The van der Waals surface area contributed by atoms with Crippen molar-refractivity contribution < 1.29 is 9.47 Å². The number of ether oxygens (including phenoxy) is 2. The predicted molar refractivity (Wildman–Crippen MR) is 73.1 cm³/mol. The molecule has 3 heteroatoms. The number of hydrogen-bond donors (Lipinski definition) is 1. The molecule has 1 saturated heterocycles. The maximum atomic E-state index is 5.67. The van der Waals surface area contributed by atoms with Crippen LogP contribution in [-0.4, -0.2) is 32.4 Å². The molecule has 0 bridgehead atoms. The van der Waals surface area contributed by atoms with Crippen LogP contribution in [0.25, 0.3) is 0 Å². The van der Waals surface area contributed by atoms with E-state index in [-0.39, 0.29) is 0 Å². The van der Waals surface area contributed by atoms with Gasteiger partial charge in [-0.25, -0.2) is 0 Å². The molecule has 2 rings (SSSR count). The van der Waals surface area contributed by atoms with Crippen LogP contribution in [0.5, 0.6) is 5.75 Å². The summed E-state index contributed by atoms with van der Waals surface area (Å²) in [5, 5.41) is 3.55.